The molecule has 2 atom stereocenters. The molecule has 0 aromatic heterocycles. The largest absolute Gasteiger partial charge is 0.396 e. The first kappa shape index (κ1) is 10.4. The van der Waals surface area contributed by atoms with Gasteiger partial charge in [0.05, 0.1) is 0 Å². The third-order valence-corrected chi connectivity index (χ3v) is 3.19. The van der Waals surface area contributed by atoms with Gasteiger partial charge in [-0.2, -0.15) is 0 Å². The van der Waals surface area contributed by atoms with Crippen LogP contribution in [0.4, 0.5) is 0 Å². The van der Waals surface area contributed by atoms with E-state index in [0.717, 1.165) is 6.42 Å². The number of rotatable bonds is 3. The van der Waals surface area contributed by atoms with E-state index in [-0.39, 0.29) is 0 Å². The van der Waals surface area contributed by atoms with Crippen molar-refractivity contribution in [3.05, 3.63) is 48.0 Å². The van der Waals surface area contributed by atoms with E-state index >= 15 is 0 Å². The van der Waals surface area contributed by atoms with Gasteiger partial charge in [0.2, 0.25) is 0 Å². The average molecular weight is 202 g/mol. The molecule has 0 fully saturated rings. The van der Waals surface area contributed by atoms with Gasteiger partial charge in [0.1, 0.15) is 0 Å². The fourth-order valence-electron chi connectivity index (χ4n) is 2.26. The van der Waals surface area contributed by atoms with Gasteiger partial charge < -0.3 is 5.11 Å². The maximum atomic E-state index is 8.87. The molecule has 0 unspecified atom stereocenters. The van der Waals surface area contributed by atoms with Crippen molar-refractivity contribution in [1.29, 1.82) is 0 Å². The molecule has 0 aliphatic heterocycles. The molecule has 0 saturated carbocycles. The zero-order valence-corrected chi connectivity index (χ0v) is 8.97. The Kier molecular flexibility index (Phi) is 3.57. The van der Waals surface area contributed by atoms with E-state index in [4.69, 9.17) is 5.11 Å². The van der Waals surface area contributed by atoms with E-state index in [0.29, 0.717) is 18.4 Å². The van der Waals surface area contributed by atoms with Gasteiger partial charge in [0.25, 0.3) is 0 Å². The van der Waals surface area contributed by atoms with Gasteiger partial charge in [0.15, 0.2) is 0 Å². The minimum Gasteiger partial charge on any atom is -0.396 e. The molecule has 2 rings (SSSR count). The summed E-state index contributed by atoms with van der Waals surface area (Å²) in [5.74, 6) is 1.18. The third kappa shape index (κ3) is 2.69. The van der Waals surface area contributed by atoms with Gasteiger partial charge >= 0.3 is 0 Å². The van der Waals surface area contributed by atoms with Crippen LogP contribution in [0.1, 0.15) is 30.7 Å². The fourth-order valence-corrected chi connectivity index (χ4v) is 2.26. The van der Waals surface area contributed by atoms with E-state index in [1.807, 2.05) is 0 Å². The molecule has 0 heterocycles. The van der Waals surface area contributed by atoms with Gasteiger partial charge in [-0.3, -0.25) is 0 Å². The van der Waals surface area contributed by atoms with E-state index in [9.17, 15) is 0 Å². The Balaban J connectivity index is 2.01. The van der Waals surface area contributed by atoms with Gasteiger partial charge in [-0.05, 0) is 30.7 Å². The first-order chi connectivity index (χ1) is 7.40. The molecule has 0 spiro atoms. The highest BCUT2D eigenvalue weighted by Crippen LogP contribution is 2.31. The smallest absolute Gasteiger partial charge is 0.0436 e. The minimum absolute atomic E-state index is 0.311. The molecule has 80 valence electrons. The van der Waals surface area contributed by atoms with Gasteiger partial charge in [0, 0.05) is 12.5 Å². The summed E-state index contributed by atoms with van der Waals surface area (Å²) < 4.78 is 0. The Morgan fingerprint density at radius 1 is 1.07 bits per heavy atom. The number of hydrogen-bond acceptors (Lipinski definition) is 1. The van der Waals surface area contributed by atoms with Crippen molar-refractivity contribution in [2.75, 3.05) is 6.61 Å². The maximum absolute atomic E-state index is 8.87. The van der Waals surface area contributed by atoms with Crippen LogP contribution in [0.3, 0.4) is 0 Å². The summed E-state index contributed by atoms with van der Waals surface area (Å²) in [6.07, 6.45) is 7.91. The second-order valence-corrected chi connectivity index (χ2v) is 4.25. The Labute approximate surface area is 91.4 Å². The number of benzene rings is 1. The van der Waals surface area contributed by atoms with Crippen molar-refractivity contribution in [3.63, 3.8) is 0 Å². The molecule has 1 nitrogen and oxygen atoms in total. The van der Waals surface area contributed by atoms with E-state index in [1.54, 1.807) is 0 Å². The van der Waals surface area contributed by atoms with Crippen molar-refractivity contribution in [2.45, 2.75) is 25.2 Å². The molecule has 1 aliphatic carbocycles. The van der Waals surface area contributed by atoms with Gasteiger partial charge in [-0.25, -0.2) is 0 Å². The Bertz CT molecular complexity index is 315. The highest BCUT2D eigenvalue weighted by atomic mass is 16.3. The predicted octanol–water partition coefficient (Wildman–Crippen LogP) is 3.12. The summed E-state index contributed by atoms with van der Waals surface area (Å²) in [5, 5.41) is 8.87. The second-order valence-electron chi connectivity index (χ2n) is 4.25. The SMILES string of the molecule is OCC[C@H]1C=C[C@@H](c2ccccc2)CC1. The monoisotopic (exact) mass is 202 g/mol. The van der Waals surface area contributed by atoms with E-state index < -0.39 is 0 Å². The molecule has 1 aromatic carbocycles. The molecule has 1 aliphatic rings. The summed E-state index contributed by atoms with van der Waals surface area (Å²) in [5.41, 5.74) is 1.41. The molecule has 0 radical (unpaired) electrons. The molecule has 1 heteroatoms. The summed E-state index contributed by atoms with van der Waals surface area (Å²) in [7, 11) is 0. The van der Waals surface area contributed by atoms with Crippen molar-refractivity contribution < 1.29 is 5.11 Å². The van der Waals surface area contributed by atoms with E-state index in [1.165, 1.54) is 18.4 Å². The Hall–Kier alpha value is -1.08. The lowest BCUT2D eigenvalue weighted by Crippen LogP contribution is -2.08. The van der Waals surface area contributed by atoms with Crippen molar-refractivity contribution in [2.24, 2.45) is 5.92 Å². The number of allylic oxidation sites excluding steroid dienone is 2. The summed E-state index contributed by atoms with van der Waals surface area (Å²) >= 11 is 0. The first-order valence-electron chi connectivity index (χ1n) is 5.74. The molecular weight excluding hydrogens is 184 g/mol. The molecule has 15 heavy (non-hydrogen) atoms. The van der Waals surface area contributed by atoms with Crippen LogP contribution in [0.15, 0.2) is 42.5 Å². The molecule has 1 aromatic rings. The molecule has 0 bridgehead atoms. The summed E-state index contributed by atoms with van der Waals surface area (Å²) in [6, 6.07) is 10.7. The maximum Gasteiger partial charge on any atom is 0.0436 e. The molecule has 0 saturated heterocycles. The standard InChI is InChI=1S/C14H18O/c15-11-10-12-6-8-14(9-7-12)13-4-2-1-3-5-13/h1-6,8,12,14-15H,7,9-11H2/t12-,14+/m0/s1. The van der Waals surface area contributed by atoms with Crippen LogP contribution in [0.2, 0.25) is 0 Å². The number of aliphatic hydroxyl groups is 1. The summed E-state index contributed by atoms with van der Waals surface area (Å²) in [4.78, 5) is 0. The lowest BCUT2D eigenvalue weighted by Gasteiger charge is -2.22. The highest BCUT2D eigenvalue weighted by Gasteiger charge is 2.16. The first-order valence-corrected chi connectivity index (χ1v) is 5.74. The van der Waals surface area contributed by atoms with Crippen molar-refractivity contribution >= 4 is 0 Å². The van der Waals surface area contributed by atoms with Crippen LogP contribution >= 0.6 is 0 Å². The highest BCUT2D eigenvalue weighted by molar-refractivity contribution is 5.25. The average Bonchev–Trinajstić information content (AvgIpc) is 2.32. The normalized spacial score (nSPS) is 25.4. The second kappa shape index (κ2) is 5.13. The van der Waals surface area contributed by atoms with Crippen LogP contribution in [0.25, 0.3) is 0 Å². The summed E-state index contributed by atoms with van der Waals surface area (Å²) in [6.45, 7) is 0.311. The van der Waals surface area contributed by atoms with Crippen LogP contribution < -0.4 is 0 Å². The predicted molar refractivity (Wildman–Crippen MR) is 62.7 cm³/mol. The van der Waals surface area contributed by atoms with Gasteiger partial charge in [-0.15, -0.1) is 0 Å². The van der Waals surface area contributed by atoms with Crippen LogP contribution in [-0.4, -0.2) is 11.7 Å². The lowest BCUT2D eigenvalue weighted by molar-refractivity contribution is 0.263. The zero-order valence-electron chi connectivity index (χ0n) is 8.97. The minimum atomic E-state index is 0.311. The molecule has 0 amide bonds. The number of aliphatic hydroxyl groups excluding tert-OH is 1. The van der Waals surface area contributed by atoms with E-state index in [2.05, 4.69) is 42.5 Å². The fraction of sp³-hybridized carbons (Fsp3) is 0.429. The zero-order chi connectivity index (χ0) is 10.5. The third-order valence-electron chi connectivity index (χ3n) is 3.19. The van der Waals surface area contributed by atoms with Gasteiger partial charge in [-0.1, -0.05) is 42.5 Å². The Morgan fingerprint density at radius 3 is 2.47 bits per heavy atom. The lowest BCUT2D eigenvalue weighted by atomic mass is 9.83. The van der Waals surface area contributed by atoms with Crippen LogP contribution in [-0.2, 0) is 0 Å². The molecular formula is C14H18O. The van der Waals surface area contributed by atoms with Crippen LogP contribution in [0, 0.1) is 5.92 Å². The topological polar surface area (TPSA) is 20.2 Å². The van der Waals surface area contributed by atoms with Crippen LogP contribution in [0.5, 0.6) is 0 Å². The van der Waals surface area contributed by atoms with Crippen molar-refractivity contribution in [3.8, 4) is 0 Å². The molecule has 1 N–H and O–H groups in total. The quantitative estimate of drug-likeness (QED) is 0.747. The van der Waals surface area contributed by atoms with Crippen molar-refractivity contribution in [1.82, 2.24) is 0 Å². The Morgan fingerprint density at radius 2 is 1.87 bits per heavy atom. The number of hydrogen-bond donors (Lipinski definition) is 1.